The normalized spacial score (nSPS) is 10.4. The van der Waals surface area contributed by atoms with Crippen molar-refractivity contribution in [1.82, 2.24) is 9.80 Å². The van der Waals surface area contributed by atoms with Gasteiger partial charge >= 0.3 is 0 Å². The summed E-state index contributed by atoms with van der Waals surface area (Å²) in [5.41, 5.74) is 4.62. The van der Waals surface area contributed by atoms with Crippen LogP contribution in [0, 0.1) is 0 Å². The summed E-state index contributed by atoms with van der Waals surface area (Å²) in [6, 6.07) is 32.6. The minimum absolute atomic E-state index is 0. The van der Waals surface area contributed by atoms with Gasteiger partial charge in [-0.15, -0.1) is 0 Å². The zero-order valence-corrected chi connectivity index (χ0v) is 28.7. The second kappa shape index (κ2) is 23.0. The molecule has 0 saturated carbocycles. The van der Waals surface area contributed by atoms with E-state index in [1.807, 2.05) is 60.7 Å². The van der Waals surface area contributed by atoms with Crippen molar-refractivity contribution in [2.45, 2.75) is 40.3 Å². The Morgan fingerprint density at radius 2 is 0.923 bits per heavy atom. The van der Waals surface area contributed by atoms with E-state index >= 15 is 0 Å². The number of aliphatic hydroxyl groups is 3. The van der Waals surface area contributed by atoms with Gasteiger partial charge in [0, 0.05) is 50.1 Å². The summed E-state index contributed by atoms with van der Waals surface area (Å²) in [4.78, 5) is 62.2. The standard InChI is InChI=1S/C22H23NO4.C19H21NO4.CH4/c1-17(25)7-12-21(26)15-18-8-10-19(11-9-18)16-23(13-14-24)22(27)20-5-3-2-4-6-20;21-11-10-20(19(24)17-4-2-1-3-5-17)13-16-8-6-15(7-9-16)12-18(23)14-22;/h2-12,24H,13-16H2,1H3;1-9,21-22H,10-14H2;1H4/b12-7+;;. The Balaban J connectivity index is 0.000000356. The second-order valence-electron chi connectivity index (χ2n) is 11.7. The molecule has 0 aromatic heterocycles. The number of hydrogen-bond acceptors (Lipinski definition) is 8. The summed E-state index contributed by atoms with van der Waals surface area (Å²) < 4.78 is 0. The van der Waals surface area contributed by atoms with Crippen molar-refractivity contribution < 1.29 is 39.3 Å². The highest BCUT2D eigenvalue weighted by molar-refractivity contribution is 5.98. The van der Waals surface area contributed by atoms with Gasteiger partial charge in [0.05, 0.1) is 13.2 Å². The number of benzene rings is 4. The van der Waals surface area contributed by atoms with E-state index in [4.69, 9.17) is 5.11 Å². The van der Waals surface area contributed by atoms with Gasteiger partial charge in [0.2, 0.25) is 0 Å². The van der Waals surface area contributed by atoms with Crippen molar-refractivity contribution >= 4 is 29.2 Å². The highest BCUT2D eigenvalue weighted by atomic mass is 16.3. The molecule has 0 aliphatic carbocycles. The second-order valence-corrected chi connectivity index (χ2v) is 11.7. The van der Waals surface area contributed by atoms with Crippen LogP contribution >= 0.6 is 0 Å². The van der Waals surface area contributed by atoms with Crippen LogP contribution in [0.5, 0.6) is 0 Å². The third-order valence-electron chi connectivity index (χ3n) is 7.61. The molecule has 10 heteroatoms. The van der Waals surface area contributed by atoms with Crippen LogP contribution in [0.2, 0.25) is 0 Å². The summed E-state index contributed by atoms with van der Waals surface area (Å²) in [5.74, 6) is -0.809. The Bertz CT molecular complexity index is 1740. The molecule has 2 amide bonds. The fraction of sp³-hybridized carbons (Fsp3) is 0.262. The average Bonchev–Trinajstić information content (AvgIpc) is 3.15. The highest BCUT2D eigenvalue weighted by Crippen LogP contribution is 2.14. The molecule has 0 aliphatic heterocycles. The van der Waals surface area contributed by atoms with Crippen molar-refractivity contribution in [3.8, 4) is 0 Å². The van der Waals surface area contributed by atoms with Gasteiger partial charge in [0.1, 0.15) is 6.61 Å². The molecule has 4 rings (SSSR count). The van der Waals surface area contributed by atoms with Crippen LogP contribution in [-0.2, 0) is 40.3 Å². The van der Waals surface area contributed by atoms with Crippen molar-refractivity contribution in [3.05, 3.63) is 155 Å². The summed E-state index contributed by atoms with van der Waals surface area (Å²) in [7, 11) is 0. The number of carbonyl (C=O) groups excluding carboxylic acids is 5. The first-order chi connectivity index (χ1) is 24.6. The third kappa shape index (κ3) is 14.7. The van der Waals surface area contributed by atoms with Crippen molar-refractivity contribution in [1.29, 1.82) is 0 Å². The van der Waals surface area contributed by atoms with Gasteiger partial charge in [0.25, 0.3) is 11.8 Å². The maximum Gasteiger partial charge on any atom is 0.254 e. The fourth-order valence-electron chi connectivity index (χ4n) is 4.99. The number of amides is 2. The van der Waals surface area contributed by atoms with Gasteiger partial charge in [-0.2, -0.15) is 0 Å². The minimum atomic E-state index is -0.461. The highest BCUT2D eigenvalue weighted by Gasteiger charge is 2.17. The lowest BCUT2D eigenvalue weighted by atomic mass is 10.1. The van der Waals surface area contributed by atoms with Gasteiger partial charge in [-0.25, -0.2) is 0 Å². The van der Waals surface area contributed by atoms with Crippen LogP contribution in [-0.4, -0.2) is 87.2 Å². The minimum Gasteiger partial charge on any atom is -0.395 e. The quantitative estimate of drug-likeness (QED) is 0.134. The van der Waals surface area contributed by atoms with Crippen LogP contribution in [0.1, 0.15) is 57.3 Å². The van der Waals surface area contributed by atoms with E-state index in [-0.39, 0.29) is 75.7 Å². The molecule has 274 valence electrons. The van der Waals surface area contributed by atoms with Crippen molar-refractivity contribution in [2.75, 3.05) is 32.9 Å². The predicted octanol–water partition coefficient (Wildman–Crippen LogP) is 4.64. The molecule has 4 aromatic rings. The fourth-order valence-corrected chi connectivity index (χ4v) is 4.99. The molecule has 0 unspecified atom stereocenters. The smallest absolute Gasteiger partial charge is 0.254 e. The van der Waals surface area contributed by atoms with E-state index < -0.39 is 6.61 Å². The Hall–Kier alpha value is -5.55. The molecule has 0 radical (unpaired) electrons. The number of rotatable bonds is 17. The number of aliphatic hydroxyl groups excluding tert-OH is 3. The van der Waals surface area contributed by atoms with E-state index in [1.54, 1.807) is 58.3 Å². The molecule has 0 saturated heterocycles. The molecule has 0 atom stereocenters. The maximum absolute atomic E-state index is 12.6. The zero-order valence-electron chi connectivity index (χ0n) is 28.7. The number of carbonyl (C=O) groups is 5. The van der Waals surface area contributed by atoms with Crippen LogP contribution in [0.4, 0.5) is 0 Å². The number of nitrogens with zero attached hydrogens (tertiary/aromatic N) is 2. The topological polar surface area (TPSA) is 153 Å². The number of hydrogen-bond donors (Lipinski definition) is 3. The van der Waals surface area contributed by atoms with E-state index in [2.05, 4.69) is 0 Å². The zero-order chi connectivity index (χ0) is 37.0. The SMILES string of the molecule is C.CC(=O)/C=C/C(=O)Cc1ccc(CN(CCO)C(=O)c2ccccc2)cc1.O=C(CO)Cc1ccc(CN(CCO)C(=O)c2ccccc2)cc1. The first kappa shape index (κ1) is 42.6. The van der Waals surface area contributed by atoms with Gasteiger partial charge in [-0.1, -0.05) is 92.4 Å². The molecule has 3 N–H and O–H groups in total. The molecular formula is C42H48N2O8. The Kier molecular flexibility index (Phi) is 18.9. The molecule has 0 bridgehead atoms. The third-order valence-corrected chi connectivity index (χ3v) is 7.61. The van der Waals surface area contributed by atoms with Crippen LogP contribution < -0.4 is 0 Å². The van der Waals surface area contributed by atoms with E-state index in [1.165, 1.54) is 19.1 Å². The number of allylic oxidation sites excluding steroid dienone is 2. The molecule has 52 heavy (non-hydrogen) atoms. The first-order valence-electron chi connectivity index (χ1n) is 16.5. The lowest BCUT2D eigenvalue weighted by Crippen LogP contribution is -2.33. The molecule has 0 fully saturated rings. The molecule has 0 aliphatic rings. The van der Waals surface area contributed by atoms with Crippen molar-refractivity contribution in [2.24, 2.45) is 0 Å². The van der Waals surface area contributed by atoms with Gasteiger partial charge < -0.3 is 25.1 Å². The summed E-state index contributed by atoms with van der Waals surface area (Å²) >= 11 is 0. The summed E-state index contributed by atoms with van der Waals surface area (Å²) in [6.07, 6.45) is 2.96. The molecule has 0 spiro atoms. The predicted molar refractivity (Wildman–Crippen MR) is 200 cm³/mol. The van der Waals surface area contributed by atoms with Crippen LogP contribution in [0.15, 0.2) is 121 Å². The van der Waals surface area contributed by atoms with Gasteiger partial charge in [-0.05, 0) is 65.6 Å². The number of Topliss-reactive ketones (excluding diaryl/α,β-unsaturated/α-hetero) is 1. The summed E-state index contributed by atoms with van der Waals surface area (Å²) in [6.45, 7) is 1.94. The van der Waals surface area contributed by atoms with E-state index in [0.29, 0.717) is 24.2 Å². The van der Waals surface area contributed by atoms with E-state index in [0.717, 1.165) is 22.3 Å². The molecule has 0 heterocycles. The first-order valence-corrected chi connectivity index (χ1v) is 16.5. The maximum atomic E-state index is 12.6. The summed E-state index contributed by atoms with van der Waals surface area (Å²) in [5, 5.41) is 27.3. The average molecular weight is 709 g/mol. The molecular weight excluding hydrogens is 660 g/mol. The van der Waals surface area contributed by atoms with Gasteiger partial charge in [0.15, 0.2) is 17.3 Å². The Morgan fingerprint density at radius 1 is 0.538 bits per heavy atom. The lowest BCUT2D eigenvalue weighted by Gasteiger charge is -2.22. The van der Waals surface area contributed by atoms with E-state index in [9.17, 15) is 34.2 Å². The Morgan fingerprint density at radius 3 is 1.29 bits per heavy atom. The van der Waals surface area contributed by atoms with Crippen LogP contribution in [0.3, 0.4) is 0 Å². The Labute approximate surface area is 305 Å². The number of ketones is 3. The molecule has 4 aromatic carbocycles. The molecule has 10 nitrogen and oxygen atoms in total. The monoisotopic (exact) mass is 708 g/mol. The largest absolute Gasteiger partial charge is 0.395 e. The lowest BCUT2D eigenvalue weighted by molar-refractivity contribution is -0.121. The van der Waals surface area contributed by atoms with Crippen LogP contribution in [0.25, 0.3) is 0 Å². The van der Waals surface area contributed by atoms with Crippen molar-refractivity contribution in [3.63, 3.8) is 0 Å². The van der Waals surface area contributed by atoms with Gasteiger partial charge in [-0.3, -0.25) is 24.0 Å².